The standard InChI is InChI=1S/C14H28O3/c1-2-3-4-5-6-7-8-9-10-11-12-14(16)17-13-15/h15H,2-13H2,1H3. The zero-order chi connectivity index (χ0) is 12.8. The van der Waals surface area contributed by atoms with Gasteiger partial charge in [0.05, 0.1) is 0 Å². The Kier molecular flexibility index (Phi) is 13.0. The van der Waals surface area contributed by atoms with Crippen molar-refractivity contribution in [1.29, 1.82) is 0 Å². The molecular formula is C14H28O3. The van der Waals surface area contributed by atoms with Crippen LogP contribution in [0.25, 0.3) is 0 Å². The maximum absolute atomic E-state index is 10.9. The van der Waals surface area contributed by atoms with Crippen molar-refractivity contribution >= 4 is 5.97 Å². The van der Waals surface area contributed by atoms with E-state index in [1.54, 1.807) is 0 Å². The van der Waals surface area contributed by atoms with Gasteiger partial charge in [0.2, 0.25) is 0 Å². The highest BCUT2D eigenvalue weighted by Gasteiger charge is 2.00. The largest absolute Gasteiger partial charge is 0.439 e. The van der Waals surface area contributed by atoms with Crippen molar-refractivity contribution in [3.05, 3.63) is 0 Å². The van der Waals surface area contributed by atoms with Crippen LogP contribution in [0.2, 0.25) is 0 Å². The molecule has 0 aromatic heterocycles. The zero-order valence-electron chi connectivity index (χ0n) is 11.2. The van der Waals surface area contributed by atoms with Gasteiger partial charge in [-0.05, 0) is 6.42 Å². The Morgan fingerprint density at radius 3 is 1.82 bits per heavy atom. The molecule has 0 fully saturated rings. The second-order valence-corrected chi connectivity index (χ2v) is 4.58. The molecule has 1 N–H and O–H groups in total. The lowest BCUT2D eigenvalue weighted by molar-refractivity contribution is -0.151. The van der Waals surface area contributed by atoms with Crippen molar-refractivity contribution in [2.45, 2.75) is 77.6 Å². The van der Waals surface area contributed by atoms with E-state index in [0.29, 0.717) is 6.42 Å². The predicted octanol–water partition coefficient (Wildman–Crippen LogP) is 3.79. The third-order valence-corrected chi connectivity index (χ3v) is 2.96. The summed E-state index contributed by atoms with van der Waals surface area (Å²) in [5.74, 6) is -0.285. The maximum Gasteiger partial charge on any atom is 0.307 e. The fourth-order valence-corrected chi connectivity index (χ4v) is 1.90. The molecule has 0 aromatic carbocycles. The zero-order valence-corrected chi connectivity index (χ0v) is 11.2. The van der Waals surface area contributed by atoms with Gasteiger partial charge in [0.25, 0.3) is 0 Å². The van der Waals surface area contributed by atoms with E-state index in [-0.39, 0.29) is 5.97 Å². The number of ether oxygens (including phenoxy) is 1. The summed E-state index contributed by atoms with van der Waals surface area (Å²) in [7, 11) is 0. The molecule has 0 atom stereocenters. The molecule has 0 spiro atoms. The minimum Gasteiger partial charge on any atom is -0.439 e. The van der Waals surface area contributed by atoms with E-state index in [2.05, 4.69) is 11.7 Å². The van der Waals surface area contributed by atoms with E-state index < -0.39 is 6.79 Å². The number of carbonyl (C=O) groups excluding carboxylic acids is 1. The van der Waals surface area contributed by atoms with Crippen LogP contribution in [0.5, 0.6) is 0 Å². The van der Waals surface area contributed by atoms with Crippen LogP contribution in [0.1, 0.15) is 77.6 Å². The van der Waals surface area contributed by atoms with Crippen molar-refractivity contribution < 1.29 is 14.6 Å². The van der Waals surface area contributed by atoms with Crippen LogP contribution in [0.4, 0.5) is 0 Å². The highest BCUT2D eigenvalue weighted by molar-refractivity contribution is 5.69. The van der Waals surface area contributed by atoms with Crippen molar-refractivity contribution in [1.82, 2.24) is 0 Å². The van der Waals surface area contributed by atoms with Gasteiger partial charge in [-0.1, -0.05) is 64.7 Å². The Morgan fingerprint density at radius 2 is 1.35 bits per heavy atom. The predicted molar refractivity (Wildman–Crippen MR) is 69.6 cm³/mol. The summed E-state index contributed by atoms with van der Waals surface area (Å²) in [6, 6.07) is 0. The molecule has 0 amide bonds. The fourth-order valence-electron chi connectivity index (χ4n) is 1.90. The van der Waals surface area contributed by atoms with Crippen LogP contribution in [-0.4, -0.2) is 17.9 Å². The first-order valence-corrected chi connectivity index (χ1v) is 7.07. The first-order valence-electron chi connectivity index (χ1n) is 7.07. The van der Waals surface area contributed by atoms with Crippen LogP contribution in [0.3, 0.4) is 0 Å². The molecule has 17 heavy (non-hydrogen) atoms. The van der Waals surface area contributed by atoms with E-state index in [1.165, 1.54) is 51.4 Å². The summed E-state index contributed by atoms with van der Waals surface area (Å²) in [5, 5.41) is 8.35. The molecule has 0 heterocycles. The summed E-state index contributed by atoms with van der Waals surface area (Å²) in [6.45, 7) is 1.75. The smallest absolute Gasteiger partial charge is 0.307 e. The topological polar surface area (TPSA) is 46.5 Å². The molecular weight excluding hydrogens is 216 g/mol. The quantitative estimate of drug-likeness (QED) is 0.323. The van der Waals surface area contributed by atoms with Crippen LogP contribution >= 0.6 is 0 Å². The second-order valence-electron chi connectivity index (χ2n) is 4.58. The maximum atomic E-state index is 10.9. The number of aliphatic hydroxyl groups is 1. The number of hydrogen-bond acceptors (Lipinski definition) is 3. The van der Waals surface area contributed by atoms with Crippen molar-refractivity contribution in [2.75, 3.05) is 6.79 Å². The minimum absolute atomic E-state index is 0.285. The molecule has 0 radical (unpaired) electrons. The average molecular weight is 244 g/mol. The van der Waals surface area contributed by atoms with Crippen LogP contribution in [0.15, 0.2) is 0 Å². The SMILES string of the molecule is CCCCCCCCCCCCC(=O)OCO. The third-order valence-electron chi connectivity index (χ3n) is 2.96. The normalized spacial score (nSPS) is 10.5. The van der Waals surface area contributed by atoms with Gasteiger partial charge < -0.3 is 9.84 Å². The molecule has 102 valence electrons. The van der Waals surface area contributed by atoms with Crippen LogP contribution < -0.4 is 0 Å². The molecule has 3 nitrogen and oxygen atoms in total. The van der Waals surface area contributed by atoms with E-state index in [4.69, 9.17) is 5.11 Å². The van der Waals surface area contributed by atoms with Gasteiger partial charge in [-0.2, -0.15) is 0 Å². The van der Waals surface area contributed by atoms with Gasteiger partial charge >= 0.3 is 5.97 Å². The summed E-state index contributed by atoms with van der Waals surface area (Å²) < 4.78 is 4.44. The summed E-state index contributed by atoms with van der Waals surface area (Å²) >= 11 is 0. The summed E-state index contributed by atoms with van der Waals surface area (Å²) in [4.78, 5) is 10.9. The number of rotatable bonds is 12. The summed E-state index contributed by atoms with van der Waals surface area (Å²) in [5.41, 5.74) is 0. The minimum atomic E-state index is -0.489. The number of aliphatic hydroxyl groups excluding tert-OH is 1. The van der Waals surface area contributed by atoms with Gasteiger partial charge in [0, 0.05) is 6.42 Å². The van der Waals surface area contributed by atoms with Gasteiger partial charge in [-0.15, -0.1) is 0 Å². The van der Waals surface area contributed by atoms with Crippen LogP contribution in [-0.2, 0) is 9.53 Å². The number of unbranched alkanes of at least 4 members (excludes halogenated alkanes) is 9. The molecule has 0 aliphatic carbocycles. The first kappa shape index (κ1) is 16.4. The number of esters is 1. The monoisotopic (exact) mass is 244 g/mol. The second kappa shape index (κ2) is 13.5. The van der Waals surface area contributed by atoms with E-state index in [0.717, 1.165) is 12.8 Å². The van der Waals surface area contributed by atoms with Gasteiger partial charge in [0.15, 0.2) is 6.79 Å². The van der Waals surface area contributed by atoms with E-state index >= 15 is 0 Å². The Hall–Kier alpha value is -0.570. The molecule has 0 aliphatic rings. The fraction of sp³-hybridized carbons (Fsp3) is 0.929. The van der Waals surface area contributed by atoms with Gasteiger partial charge in [0.1, 0.15) is 0 Å². The molecule has 0 bridgehead atoms. The molecule has 0 saturated heterocycles. The highest BCUT2D eigenvalue weighted by atomic mass is 16.6. The molecule has 3 heteroatoms. The van der Waals surface area contributed by atoms with Crippen molar-refractivity contribution in [3.8, 4) is 0 Å². The Balaban J connectivity index is 3.01. The van der Waals surface area contributed by atoms with Crippen LogP contribution in [0, 0.1) is 0 Å². The summed E-state index contributed by atoms with van der Waals surface area (Å²) in [6.07, 6.45) is 13.0. The molecule has 0 aliphatic heterocycles. The Bertz CT molecular complexity index is 169. The highest BCUT2D eigenvalue weighted by Crippen LogP contribution is 2.11. The van der Waals surface area contributed by atoms with Crippen molar-refractivity contribution in [3.63, 3.8) is 0 Å². The number of carbonyl (C=O) groups is 1. The first-order chi connectivity index (χ1) is 8.31. The lowest BCUT2D eigenvalue weighted by Gasteiger charge is -2.02. The van der Waals surface area contributed by atoms with E-state index in [9.17, 15) is 4.79 Å². The van der Waals surface area contributed by atoms with Gasteiger partial charge in [-0.25, -0.2) is 0 Å². The van der Waals surface area contributed by atoms with Gasteiger partial charge in [-0.3, -0.25) is 4.79 Å². The average Bonchev–Trinajstić information content (AvgIpc) is 2.32. The van der Waals surface area contributed by atoms with E-state index in [1.807, 2.05) is 0 Å². The molecule has 0 unspecified atom stereocenters. The Labute approximate surface area is 106 Å². The lowest BCUT2D eigenvalue weighted by atomic mass is 10.1. The molecule has 0 aromatic rings. The number of hydrogen-bond donors (Lipinski definition) is 1. The Morgan fingerprint density at radius 1 is 0.882 bits per heavy atom. The lowest BCUT2D eigenvalue weighted by Crippen LogP contribution is -2.04. The molecule has 0 rings (SSSR count). The third kappa shape index (κ3) is 13.4. The van der Waals surface area contributed by atoms with Crippen molar-refractivity contribution in [2.24, 2.45) is 0 Å². The molecule has 0 saturated carbocycles.